The van der Waals surface area contributed by atoms with Gasteiger partial charge >= 0.3 is 0 Å². The zero-order valence-electron chi connectivity index (χ0n) is 14.1. The highest BCUT2D eigenvalue weighted by Crippen LogP contribution is 2.62. The fourth-order valence-electron chi connectivity index (χ4n) is 6.45. The Morgan fingerprint density at radius 3 is 2.77 bits per heavy atom. The summed E-state index contributed by atoms with van der Waals surface area (Å²) in [5.74, 6) is 4.33. The van der Waals surface area contributed by atoms with E-state index < -0.39 is 0 Å². The fourth-order valence-corrected chi connectivity index (χ4v) is 6.45. The Labute approximate surface area is 134 Å². The maximum absolute atomic E-state index is 11.8. The van der Waals surface area contributed by atoms with Gasteiger partial charge in [0.05, 0.1) is 0 Å². The van der Waals surface area contributed by atoms with Gasteiger partial charge in [-0.1, -0.05) is 37.1 Å². The molecule has 3 fully saturated rings. The van der Waals surface area contributed by atoms with E-state index in [-0.39, 0.29) is 11.2 Å². The molecule has 4 aliphatic carbocycles. The third kappa shape index (κ3) is 1.87. The molecular formula is C21H28O. The third-order valence-corrected chi connectivity index (χ3v) is 7.45. The Morgan fingerprint density at radius 1 is 1.23 bits per heavy atom. The predicted octanol–water partition coefficient (Wildman–Crippen LogP) is 5.10. The van der Waals surface area contributed by atoms with Gasteiger partial charge < -0.3 is 0 Å². The smallest absolute Gasteiger partial charge is 0.178 e. The number of ketones is 1. The van der Waals surface area contributed by atoms with Crippen molar-refractivity contribution >= 4 is 5.78 Å². The van der Waals surface area contributed by atoms with Crippen LogP contribution in [-0.4, -0.2) is 5.78 Å². The molecule has 4 aliphatic rings. The van der Waals surface area contributed by atoms with E-state index in [2.05, 4.69) is 32.9 Å². The van der Waals surface area contributed by atoms with Crippen LogP contribution < -0.4 is 0 Å². The third-order valence-electron chi connectivity index (χ3n) is 7.45. The maximum Gasteiger partial charge on any atom is 0.178 e. The van der Waals surface area contributed by atoms with Crippen molar-refractivity contribution in [3.63, 3.8) is 0 Å². The van der Waals surface area contributed by atoms with Crippen molar-refractivity contribution in [2.45, 2.75) is 52.9 Å². The van der Waals surface area contributed by atoms with Crippen molar-refractivity contribution in [1.82, 2.24) is 0 Å². The molecule has 0 N–H and O–H groups in total. The zero-order chi connectivity index (χ0) is 15.5. The molecule has 4 rings (SSSR count). The molecule has 118 valence electrons. The van der Waals surface area contributed by atoms with Crippen LogP contribution in [0.15, 0.2) is 35.5 Å². The lowest BCUT2D eigenvalue weighted by Gasteiger charge is -2.55. The van der Waals surface area contributed by atoms with Gasteiger partial charge in [0, 0.05) is 5.41 Å². The van der Waals surface area contributed by atoms with Crippen LogP contribution in [0.1, 0.15) is 52.9 Å². The summed E-state index contributed by atoms with van der Waals surface area (Å²) in [5, 5.41) is 0. The molecule has 0 aromatic rings. The fraction of sp³-hybridized carbons (Fsp3) is 0.667. The molecular weight excluding hydrogens is 268 g/mol. The van der Waals surface area contributed by atoms with Crippen LogP contribution in [-0.2, 0) is 4.79 Å². The summed E-state index contributed by atoms with van der Waals surface area (Å²) in [6.45, 7) is 7.11. The first-order chi connectivity index (χ1) is 10.5. The first-order valence-electron chi connectivity index (χ1n) is 9.14. The van der Waals surface area contributed by atoms with E-state index in [9.17, 15) is 4.79 Å². The average molecular weight is 296 g/mol. The average Bonchev–Trinajstić information content (AvgIpc) is 2.94. The van der Waals surface area contributed by atoms with Gasteiger partial charge in [-0.3, -0.25) is 4.79 Å². The van der Waals surface area contributed by atoms with Gasteiger partial charge in [0.25, 0.3) is 0 Å². The largest absolute Gasteiger partial charge is 0.290 e. The van der Waals surface area contributed by atoms with E-state index in [4.69, 9.17) is 0 Å². The zero-order valence-corrected chi connectivity index (χ0v) is 14.1. The van der Waals surface area contributed by atoms with Crippen LogP contribution in [0.5, 0.6) is 0 Å². The first kappa shape index (κ1) is 14.5. The second-order valence-electron chi connectivity index (χ2n) is 8.30. The number of carbonyl (C=O) groups excluding carboxylic acids is 1. The molecule has 22 heavy (non-hydrogen) atoms. The molecule has 0 spiro atoms. The van der Waals surface area contributed by atoms with Crippen LogP contribution in [0, 0.1) is 35.0 Å². The normalized spacial score (nSPS) is 48.7. The van der Waals surface area contributed by atoms with Crippen molar-refractivity contribution < 1.29 is 4.79 Å². The molecule has 0 radical (unpaired) electrons. The molecule has 0 aliphatic heterocycles. The summed E-state index contributed by atoms with van der Waals surface area (Å²) in [5.41, 5.74) is 3.29. The highest BCUT2D eigenvalue weighted by molar-refractivity contribution is 6.01. The molecule has 1 heteroatoms. The highest BCUT2D eigenvalue weighted by Gasteiger charge is 2.54. The Balaban J connectivity index is 1.71. The first-order valence-corrected chi connectivity index (χ1v) is 9.14. The summed E-state index contributed by atoms with van der Waals surface area (Å²) in [7, 11) is 0. The van der Waals surface area contributed by atoms with Gasteiger partial charge in [0.1, 0.15) is 0 Å². The minimum Gasteiger partial charge on any atom is -0.290 e. The number of rotatable bonds is 0. The molecule has 1 nitrogen and oxygen atoms in total. The van der Waals surface area contributed by atoms with E-state index in [1.54, 1.807) is 5.57 Å². The summed E-state index contributed by atoms with van der Waals surface area (Å²) < 4.78 is 0. The molecule has 3 saturated carbocycles. The summed E-state index contributed by atoms with van der Waals surface area (Å²) >= 11 is 0. The maximum atomic E-state index is 11.8. The van der Waals surface area contributed by atoms with Gasteiger partial charge in [0.15, 0.2) is 5.78 Å². The van der Waals surface area contributed by atoms with E-state index in [1.807, 2.05) is 12.2 Å². The van der Waals surface area contributed by atoms with Crippen molar-refractivity contribution in [2.75, 3.05) is 0 Å². The van der Waals surface area contributed by atoms with Crippen LogP contribution >= 0.6 is 0 Å². The SMILES string of the molecule is CC=C1CCC2C3CCC4=CC(=O)C=C[C@]4(C)C3C[C@@H](C)C12. The minimum atomic E-state index is 0.148. The van der Waals surface area contributed by atoms with Gasteiger partial charge in [-0.25, -0.2) is 0 Å². The topological polar surface area (TPSA) is 17.1 Å². The lowest BCUT2D eigenvalue weighted by molar-refractivity contribution is -0.111. The van der Waals surface area contributed by atoms with Crippen molar-refractivity contribution in [3.05, 3.63) is 35.5 Å². The molecule has 0 heterocycles. The number of fused-ring (bicyclic) bond motifs is 5. The highest BCUT2D eigenvalue weighted by atomic mass is 16.1. The molecule has 0 aromatic carbocycles. The Bertz CT molecular complexity index is 593. The van der Waals surface area contributed by atoms with Crippen LogP contribution in [0.3, 0.4) is 0 Å². The summed E-state index contributed by atoms with van der Waals surface area (Å²) in [4.78, 5) is 11.8. The van der Waals surface area contributed by atoms with Gasteiger partial charge in [0.2, 0.25) is 0 Å². The Kier molecular flexibility index (Phi) is 3.25. The lowest BCUT2D eigenvalue weighted by atomic mass is 9.49. The number of carbonyl (C=O) groups is 1. The van der Waals surface area contributed by atoms with Crippen molar-refractivity contribution in [3.8, 4) is 0 Å². The van der Waals surface area contributed by atoms with Gasteiger partial charge in [-0.05, 0) is 80.8 Å². The molecule has 0 amide bonds. The minimum absolute atomic E-state index is 0.148. The summed E-state index contributed by atoms with van der Waals surface area (Å²) in [6, 6.07) is 0. The Hall–Kier alpha value is -1.11. The van der Waals surface area contributed by atoms with Crippen molar-refractivity contribution in [1.29, 1.82) is 0 Å². The molecule has 0 saturated heterocycles. The monoisotopic (exact) mass is 296 g/mol. The van der Waals surface area contributed by atoms with Crippen LogP contribution in [0.2, 0.25) is 0 Å². The molecule has 0 bridgehead atoms. The predicted molar refractivity (Wildman–Crippen MR) is 90.3 cm³/mol. The lowest BCUT2D eigenvalue weighted by Crippen LogP contribution is -2.48. The van der Waals surface area contributed by atoms with E-state index in [0.29, 0.717) is 0 Å². The van der Waals surface area contributed by atoms with E-state index >= 15 is 0 Å². The van der Waals surface area contributed by atoms with E-state index in [1.165, 1.54) is 31.3 Å². The van der Waals surface area contributed by atoms with Crippen LogP contribution in [0.25, 0.3) is 0 Å². The number of allylic oxidation sites excluding steroid dienone is 6. The van der Waals surface area contributed by atoms with Gasteiger partial charge in [-0.15, -0.1) is 0 Å². The quantitative estimate of drug-likeness (QED) is 0.569. The van der Waals surface area contributed by atoms with E-state index in [0.717, 1.165) is 36.0 Å². The molecule has 6 atom stereocenters. The Morgan fingerprint density at radius 2 is 2.00 bits per heavy atom. The van der Waals surface area contributed by atoms with Crippen LogP contribution in [0.4, 0.5) is 0 Å². The number of hydrogen-bond acceptors (Lipinski definition) is 1. The second kappa shape index (κ2) is 4.94. The summed E-state index contributed by atoms with van der Waals surface area (Å²) in [6.07, 6.45) is 14.9. The second-order valence-corrected chi connectivity index (χ2v) is 8.30. The molecule has 4 unspecified atom stereocenters. The molecule has 0 aromatic heterocycles. The standard InChI is InChI=1S/C21H28O/c1-4-14-5-7-18-17-8-6-15-12-16(22)9-10-21(15,3)19(17)11-13(2)20(14)18/h4,9-10,12-13,17-20H,5-8,11H2,1-3H3/t13-,17?,18?,19?,20?,21+/m1/s1. The van der Waals surface area contributed by atoms with Gasteiger partial charge in [-0.2, -0.15) is 0 Å². The van der Waals surface area contributed by atoms with Crippen molar-refractivity contribution in [2.24, 2.45) is 35.0 Å². The number of hydrogen-bond donors (Lipinski definition) is 0.